The SMILES string of the molecule is O=C(O)c1c(CBr)ccc(Br)c1O. The second-order valence-electron chi connectivity index (χ2n) is 2.37. The van der Waals surface area contributed by atoms with Gasteiger partial charge in [0.1, 0.15) is 11.3 Å². The molecule has 0 unspecified atom stereocenters. The number of phenols is 1. The van der Waals surface area contributed by atoms with Crippen LogP contribution in [0.1, 0.15) is 15.9 Å². The van der Waals surface area contributed by atoms with Crippen LogP contribution >= 0.6 is 31.9 Å². The van der Waals surface area contributed by atoms with Gasteiger partial charge in [-0.05, 0) is 27.6 Å². The van der Waals surface area contributed by atoms with E-state index in [1.807, 2.05) is 0 Å². The van der Waals surface area contributed by atoms with Crippen LogP contribution in [-0.2, 0) is 5.33 Å². The normalized spacial score (nSPS) is 10.0. The fraction of sp³-hybridized carbons (Fsp3) is 0.125. The molecule has 0 aliphatic rings. The molecule has 0 fully saturated rings. The highest BCUT2D eigenvalue weighted by atomic mass is 79.9. The Hall–Kier alpha value is -0.550. The Labute approximate surface area is 91.6 Å². The van der Waals surface area contributed by atoms with E-state index in [0.29, 0.717) is 15.4 Å². The van der Waals surface area contributed by atoms with Crippen molar-refractivity contribution in [3.63, 3.8) is 0 Å². The van der Waals surface area contributed by atoms with Gasteiger partial charge >= 0.3 is 5.97 Å². The van der Waals surface area contributed by atoms with Crippen molar-refractivity contribution in [2.24, 2.45) is 0 Å². The molecule has 1 rings (SSSR count). The lowest BCUT2D eigenvalue weighted by Crippen LogP contribution is -2.01. The van der Waals surface area contributed by atoms with Gasteiger partial charge in [0.15, 0.2) is 0 Å². The molecule has 0 aliphatic heterocycles. The number of halogens is 2. The third-order valence-electron chi connectivity index (χ3n) is 1.57. The minimum atomic E-state index is -1.13. The van der Waals surface area contributed by atoms with E-state index in [0.717, 1.165) is 0 Å². The average molecular weight is 310 g/mol. The van der Waals surface area contributed by atoms with Crippen LogP contribution in [-0.4, -0.2) is 16.2 Å². The van der Waals surface area contributed by atoms with Crippen molar-refractivity contribution in [1.29, 1.82) is 0 Å². The molecule has 0 saturated carbocycles. The number of alkyl halides is 1. The Balaban J connectivity index is 3.41. The Bertz CT molecular complexity index is 349. The quantitative estimate of drug-likeness (QED) is 0.826. The fourth-order valence-corrected chi connectivity index (χ4v) is 1.76. The van der Waals surface area contributed by atoms with Crippen molar-refractivity contribution in [1.82, 2.24) is 0 Å². The number of hydrogen-bond donors (Lipinski definition) is 2. The molecular formula is C8H6Br2O3. The molecule has 0 aliphatic carbocycles. The lowest BCUT2D eigenvalue weighted by Gasteiger charge is -2.06. The number of carboxylic acid groups (broad SMARTS) is 1. The van der Waals surface area contributed by atoms with E-state index in [2.05, 4.69) is 31.9 Å². The van der Waals surface area contributed by atoms with Crippen LogP contribution in [0, 0.1) is 0 Å². The number of carboxylic acids is 1. The summed E-state index contributed by atoms with van der Waals surface area (Å²) >= 11 is 6.19. The number of aromatic hydroxyl groups is 1. The number of carbonyl (C=O) groups is 1. The first-order valence-corrected chi connectivity index (χ1v) is 5.29. The topological polar surface area (TPSA) is 57.5 Å². The van der Waals surface area contributed by atoms with E-state index >= 15 is 0 Å². The van der Waals surface area contributed by atoms with E-state index in [-0.39, 0.29) is 11.3 Å². The van der Waals surface area contributed by atoms with Gasteiger partial charge in [-0.3, -0.25) is 0 Å². The van der Waals surface area contributed by atoms with Gasteiger partial charge in [0, 0.05) is 5.33 Å². The maximum atomic E-state index is 10.8. The van der Waals surface area contributed by atoms with Crippen molar-refractivity contribution >= 4 is 37.8 Å². The molecule has 2 N–H and O–H groups in total. The van der Waals surface area contributed by atoms with Gasteiger partial charge in [0.25, 0.3) is 0 Å². The number of benzene rings is 1. The van der Waals surface area contributed by atoms with Crippen molar-refractivity contribution in [3.8, 4) is 5.75 Å². The summed E-state index contributed by atoms with van der Waals surface area (Å²) in [6.07, 6.45) is 0. The fourth-order valence-electron chi connectivity index (χ4n) is 0.958. The van der Waals surface area contributed by atoms with Crippen LogP contribution in [0.15, 0.2) is 16.6 Å². The molecular weight excluding hydrogens is 304 g/mol. The molecule has 0 bridgehead atoms. The molecule has 5 heteroatoms. The largest absolute Gasteiger partial charge is 0.506 e. The summed E-state index contributed by atoms with van der Waals surface area (Å²) in [6, 6.07) is 3.25. The molecule has 0 heterocycles. The summed E-state index contributed by atoms with van der Waals surface area (Å²) in [5.41, 5.74) is 0.486. The summed E-state index contributed by atoms with van der Waals surface area (Å²) in [6.45, 7) is 0. The van der Waals surface area contributed by atoms with E-state index < -0.39 is 5.97 Å². The molecule has 13 heavy (non-hydrogen) atoms. The first-order valence-electron chi connectivity index (χ1n) is 3.37. The van der Waals surface area contributed by atoms with Crippen molar-refractivity contribution < 1.29 is 15.0 Å². The zero-order valence-electron chi connectivity index (χ0n) is 6.42. The Morgan fingerprint density at radius 1 is 1.46 bits per heavy atom. The van der Waals surface area contributed by atoms with Crippen LogP contribution in [0.25, 0.3) is 0 Å². The predicted molar refractivity (Wildman–Crippen MR) is 55.4 cm³/mol. The highest BCUT2D eigenvalue weighted by molar-refractivity contribution is 9.10. The summed E-state index contributed by atoms with van der Waals surface area (Å²) in [5.74, 6) is -1.36. The summed E-state index contributed by atoms with van der Waals surface area (Å²) in [7, 11) is 0. The molecule has 0 amide bonds. The zero-order chi connectivity index (χ0) is 10.0. The van der Waals surface area contributed by atoms with Crippen molar-refractivity contribution in [2.45, 2.75) is 5.33 Å². The Morgan fingerprint density at radius 2 is 2.08 bits per heavy atom. The van der Waals surface area contributed by atoms with Gasteiger partial charge in [-0.1, -0.05) is 22.0 Å². The Kier molecular flexibility index (Phi) is 3.33. The second kappa shape index (κ2) is 4.11. The number of aromatic carboxylic acids is 1. The standard InChI is InChI=1S/C8H6Br2O3/c9-3-4-1-2-5(10)7(11)6(4)8(12)13/h1-2,11H,3H2,(H,12,13). The van der Waals surface area contributed by atoms with Crippen molar-refractivity contribution in [2.75, 3.05) is 0 Å². The van der Waals surface area contributed by atoms with Crippen LogP contribution < -0.4 is 0 Å². The molecule has 1 aromatic carbocycles. The van der Waals surface area contributed by atoms with Crippen LogP contribution in [0.3, 0.4) is 0 Å². The van der Waals surface area contributed by atoms with Gasteiger partial charge in [-0.2, -0.15) is 0 Å². The van der Waals surface area contributed by atoms with Gasteiger partial charge < -0.3 is 10.2 Å². The molecule has 3 nitrogen and oxygen atoms in total. The van der Waals surface area contributed by atoms with Gasteiger partial charge in [0.05, 0.1) is 4.47 Å². The third-order valence-corrected chi connectivity index (χ3v) is 2.82. The number of rotatable bonds is 2. The number of hydrogen-bond acceptors (Lipinski definition) is 2. The van der Waals surface area contributed by atoms with E-state index in [9.17, 15) is 9.90 Å². The van der Waals surface area contributed by atoms with Crippen LogP contribution in [0.4, 0.5) is 0 Å². The maximum absolute atomic E-state index is 10.8. The monoisotopic (exact) mass is 308 g/mol. The molecule has 0 radical (unpaired) electrons. The van der Waals surface area contributed by atoms with Crippen molar-refractivity contribution in [3.05, 3.63) is 27.7 Å². The highest BCUT2D eigenvalue weighted by Gasteiger charge is 2.16. The summed E-state index contributed by atoms with van der Waals surface area (Å²) in [5, 5.41) is 18.6. The molecule has 0 saturated heterocycles. The second-order valence-corrected chi connectivity index (χ2v) is 3.78. The van der Waals surface area contributed by atoms with E-state index in [1.165, 1.54) is 0 Å². The maximum Gasteiger partial charge on any atom is 0.339 e. The third kappa shape index (κ3) is 2.03. The van der Waals surface area contributed by atoms with E-state index in [4.69, 9.17) is 5.11 Å². The first-order chi connectivity index (χ1) is 6.07. The van der Waals surface area contributed by atoms with Crippen LogP contribution in [0.5, 0.6) is 5.75 Å². The molecule has 0 spiro atoms. The van der Waals surface area contributed by atoms with E-state index in [1.54, 1.807) is 12.1 Å². The molecule has 70 valence electrons. The smallest absolute Gasteiger partial charge is 0.339 e. The first kappa shape index (κ1) is 10.5. The highest BCUT2D eigenvalue weighted by Crippen LogP contribution is 2.31. The molecule has 1 aromatic rings. The minimum absolute atomic E-state index is 0.0637. The average Bonchev–Trinajstić information content (AvgIpc) is 2.08. The van der Waals surface area contributed by atoms with Crippen LogP contribution in [0.2, 0.25) is 0 Å². The summed E-state index contributed by atoms with van der Waals surface area (Å²) in [4.78, 5) is 10.8. The summed E-state index contributed by atoms with van der Waals surface area (Å²) < 4.78 is 0.384. The zero-order valence-corrected chi connectivity index (χ0v) is 9.59. The Morgan fingerprint density at radius 3 is 2.54 bits per heavy atom. The van der Waals surface area contributed by atoms with Gasteiger partial charge in [0.2, 0.25) is 0 Å². The lowest BCUT2D eigenvalue weighted by molar-refractivity contribution is 0.0692. The van der Waals surface area contributed by atoms with Gasteiger partial charge in [-0.25, -0.2) is 4.79 Å². The predicted octanol–water partition coefficient (Wildman–Crippen LogP) is 2.75. The molecule has 0 aromatic heterocycles. The molecule has 0 atom stereocenters. The van der Waals surface area contributed by atoms with Gasteiger partial charge in [-0.15, -0.1) is 0 Å². The minimum Gasteiger partial charge on any atom is -0.506 e. The lowest BCUT2D eigenvalue weighted by atomic mass is 10.1.